The number of amides is 1. The Labute approximate surface area is 113 Å². The molecule has 0 aliphatic rings. The van der Waals surface area contributed by atoms with Crippen molar-refractivity contribution in [2.24, 2.45) is 0 Å². The highest BCUT2D eigenvalue weighted by Gasteiger charge is 2.17. The van der Waals surface area contributed by atoms with Crippen LogP contribution in [0.5, 0.6) is 0 Å². The Kier molecular flexibility index (Phi) is 5.46. The Morgan fingerprint density at radius 3 is 2.63 bits per heavy atom. The summed E-state index contributed by atoms with van der Waals surface area (Å²) in [5.41, 5.74) is 1.06. The second-order valence-electron chi connectivity index (χ2n) is 4.05. The summed E-state index contributed by atoms with van der Waals surface area (Å²) in [6.07, 6.45) is 0. The van der Waals surface area contributed by atoms with E-state index in [0.717, 1.165) is 0 Å². The molecule has 0 saturated carbocycles. The number of hydrogen-bond acceptors (Lipinski definition) is 4. The fourth-order valence-corrected chi connectivity index (χ4v) is 2.81. The van der Waals surface area contributed by atoms with E-state index < -0.39 is 10.0 Å². The van der Waals surface area contributed by atoms with Gasteiger partial charge in [-0.2, -0.15) is 0 Å². The van der Waals surface area contributed by atoms with Crippen molar-refractivity contribution >= 4 is 21.6 Å². The van der Waals surface area contributed by atoms with Crippen molar-refractivity contribution in [2.75, 3.05) is 25.6 Å². The summed E-state index contributed by atoms with van der Waals surface area (Å²) in [6, 6.07) is 4.74. The maximum absolute atomic E-state index is 12.1. The SMILES string of the molecule is COCCNS(=O)(=O)c1cc(NC(C)=O)ccc1C. The fraction of sp³-hybridized carbons (Fsp3) is 0.417. The molecule has 1 rings (SSSR count). The molecule has 6 nitrogen and oxygen atoms in total. The molecule has 1 aromatic carbocycles. The summed E-state index contributed by atoms with van der Waals surface area (Å²) in [6.45, 7) is 3.56. The van der Waals surface area contributed by atoms with E-state index >= 15 is 0 Å². The van der Waals surface area contributed by atoms with E-state index in [0.29, 0.717) is 17.9 Å². The second-order valence-corrected chi connectivity index (χ2v) is 5.79. The lowest BCUT2D eigenvalue weighted by atomic mass is 10.2. The van der Waals surface area contributed by atoms with Crippen molar-refractivity contribution in [3.63, 3.8) is 0 Å². The lowest BCUT2D eigenvalue weighted by Crippen LogP contribution is -2.27. The van der Waals surface area contributed by atoms with Crippen LogP contribution in [0.1, 0.15) is 12.5 Å². The van der Waals surface area contributed by atoms with Gasteiger partial charge in [-0.25, -0.2) is 13.1 Å². The van der Waals surface area contributed by atoms with Gasteiger partial charge in [0.2, 0.25) is 15.9 Å². The van der Waals surface area contributed by atoms with Gasteiger partial charge in [0.1, 0.15) is 0 Å². The summed E-state index contributed by atoms with van der Waals surface area (Å²) in [7, 11) is -2.11. The molecule has 1 amide bonds. The average Bonchev–Trinajstić information content (AvgIpc) is 2.31. The molecule has 0 aliphatic heterocycles. The van der Waals surface area contributed by atoms with Crippen LogP contribution in [0.15, 0.2) is 23.1 Å². The largest absolute Gasteiger partial charge is 0.383 e. The van der Waals surface area contributed by atoms with Gasteiger partial charge in [-0.3, -0.25) is 4.79 Å². The van der Waals surface area contributed by atoms with Gasteiger partial charge in [0.05, 0.1) is 11.5 Å². The molecule has 0 fully saturated rings. The highest BCUT2D eigenvalue weighted by atomic mass is 32.2. The molecule has 0 atom stereocenters. The molecule has 0 heterocycles. The smallest absolute Gasteiger partial charge is 0.240 e. The topological polar surface area (TPSA) is 84.5 Å². The molecule has 0 aromatic heterocycles. The van der Waals surface area contributed by atoms with Crippen molar-refractivity contribution in [2.45, 2.75) is 18.7 Å². The number of nitrogens with one attached hydrogen (secondary N) is 2. The normalized spacial score (nSPS) is 11.3. The minimum atomic E-state index is -3.60. The van der Waals surface area contributed by atoms with E-state index in [1.165, 1.54) is 20.1 Å². The number of aryl methyl sites for hydroxylation is 1. The monoisotopic (exact) mass is 286 g/mol. The Morgan fingerprint density at radius 1 is 1.37 bits per heavy atom. The molecule has 1 aromatic rings. The van der Waals surface area contributed by atoms with Gasteiger partial charge in [-0.05, 0) is 24.6 Å². The maximum atomic E-state index is 12.1. The third-order valence-corrected chi connectivity index (χ3v) is 4.00. The van der Waals surface area contributed by atoms with Crippen LogP contribution in [0, 0.1) is 6.92 Å². The Balaban J connectivity index is 3.00. The standard InChI is InChI=1S/C12H18N2O4S/c1-9-4-5-11(14-10(2)15)8-12(9)19(16,17)13-6-7-18-3/h4-5,8,13H,6-7H2,1-3H3,(H,14,15). The number of sulfonamides is 1. The van der Waals surface area contributed by atoms with Crippen molar-refractivity contribution in [1.82, 2.24) is 4.72 Å². The first-order valence-electron chi connectivity index (χ1n) is 5.73. The highest BCUT2D eigenvalue weighted by molar-refractivity contribution is 7.89. The van der Waals surface area contributed by atoms with E-state index in [2.05, 4.69) is 10.0 Å². The van der Waals surface area contributed by atoms with E-state index in [1.807, 2.05) is 0 Å². The first-order valence-corrected chi connectivity index (χ1v) is 7.22. The van der Waals surface area contributed by atoms with Crippen LogP contribution in [0.25, 0.3) is 0 Å². The number of benzene rings is 1. The van der Waals surface area contributed by atoms with E-state index in [-0.39, 0.29) is 17.3 Å². The van der Waals surface area contributed by atoms with Gasteiger partial charge in [-0.1, -0.05) is 6.07 Å². The average molecular weight is 286 g/mol. The quantitative estimate of drug-likeness (QED) is 0.760. The first-order chi connectivity index (χ1) is 8.86. The summed E-state index contributed by atoms with van der Waals surface area (Å²) in [5.74, 6) is -0.250. The molecule has 0 saturated heterocycles. The number of ether oxygens (including phenoxy) is 1. The van der Waals surface area contributed by atoms with Crippen molar-refractivity contribution in [3.05, 3.63) is 23.8 Å². The van der Waals surface area contributed by atoms with E-state index in [1.54, 1.807) is 19.1 Å². The zero-order chi connectivity index (χ0) is 14.5. The van der Waals surface area contributed by atoms with Gasteiger partial charge < -0.3 is 10.1 Å². The molecular weight excluding hydrogens is 268 g/mol. The summed E-state index contributed by atoms with van der Waals surface area (Å²) >= 11 is 0. The van der Waals surface area contributed by atoms with Crippen LogP contribution in [-0.4, -0.2) is 34.6 Å². The highest BCUT2D eigenvalue weighted by Crippen LogP contribution is 2.19. The Morgan fingerprint density at radius 2 is 2.05 bits per heavy atom. The minimum absolute atomic E-state index is 0.148. The number of rotatable bonds is 6. The molecule has 0 unspecified atom stereocenters. The van der Waals surface area contributed by atoms with Crippen molar-refractivity contribution in [3.8, 4) is 0 Å². The second kappa shape index (κ2) is 6.65. The molecule has 19 heavy (non-hydrogen) atoms. The molecule has 0 bridgehead atoms. The number of carbonyl (C=O) groups excluding carboxylic acids is 1. The van der Waals surface area contributed by atoms with Crippen LogP contribution in [-0.2, 0) is 19.6 Å². The Hall–Kier alpha value is -1.44. The predicted molar refractivity (Wildman–Crippen MR) is 72.5 cm³/mol. The zero-order valence-corrected chi connectivity index (χ0v) is 12.0. The lowest BCUT2D eigenvalue weighted by Gasteiger charge is -2.11. The van der Waals surface area contributed by atoms with Gasteiger partial charge in [0, 0.05) is 26.3 Å². The van der Waals surface area contributed by atoms with Crippen LogP contribution in [0.3, 0.4) is 0 Å². The molecule has 2 N–H and O–H groups in total. The van der Waals surface area contributed by atoms with Gasteiger partial charge in [0.25, 0.3) is 0 Å². The molecule has 0 spiro atoms. The number of carbonyl (C=O) groups is 1. The van der Waals surface area contributed by atoms with Crippen LogP contribution >= 0.6 is 0 Å². The third kappa shape index (κ3) is 4.62. The molecular formula is C12H18N2O4S. The fourth-order valence-electron chi connectivity index (χ4n) is 1.53. The maximum Gasteiger partial charge on any atom is 0.240 e. The van der Waals surface area contributed by atoms with Gasteiger partial charge in [0.15, 0.2) is 0 Å². The molecule has 106 valence electrons. The molecule has 7 heteroatoms. The molecule has 0 aliphatic carbocycles. The van der Waals surface area contributed by atoms with E-state index in [4.69, 9.17) is 4.74 Å². The summed E-state index contributed by atoms with van der Waals surface area (Å²) < 4.78 is 31.4. The number of anilines is 1. The summed E-state index contributed by atoms with van der Waals surface area (Å²) in [4.78, 5) is 11.1. The minimum Gasteiger partial charge on any atom is -0.383 e. The number of hydrogen-bond donors (Lipinski definition) is 2. The van der Waals surface area contributed by atoms with Crippen LogP contribution in [0.2, 0.25) is 0 Å². The first kappa shape index (κ1) is 15.6. The third-order valence-electron chi connectivity index (χ3n) is 2.40. The molecule has 0 radical (unpaired) electrons. The number of methoxy groups -OCH3 is 1. The van der Waals surface area contributed by atoms with Gasteiger partial charge >= 0.3 is 0 Å². The Bertz CT molecular complexity index is 555. The van der Waals surface area contributed by atoms with Gasteiger partial charge in [-0.15, -0.1) is 0 Å². The lowest BCUT2D eigenvalue weighted by molar-refractivity contribution is -0.114. The van der Waals surface area contributed by atoms with Crippen molar-refractivity contribution in [1.29, 1.82) is 0 Å². The van der Waals surface area contributed by atoms with Crippen LogP contribution in [0.4, 0.5) is 5.69 Å². The zero-order valence-electron chi connectivity index (χ0n) is 11.2. The predicted octanol–water partition coefficient (Wildman–Crippen LogP) is 0.878. The van der Waals surface area contributed by atoms with E-state index in [9.17, 15) is 13.2 Å². The van der Waals surface area contributed by atoms with Crippen LogP contribution < -0.4 is 10.0 Å². The van der Waals surface area contributed by atoms with Crippen molar-refractivity contribution < 1.29 is 17.9 Å². The summed E-state index contributed by atoms with van der Waals surface area (Å²) in [5, 5.41) is 2.56.